The highest BCUT2D eigenvalue weighted by atomic mass is 32.2. The maximum absolute atomic E-state index is 14.7. The first-order valence-electron chi connectivity index (χ1n) is 9.97. The number of halogens is 1. The third-order valence-corrected chi connectivity index (χ3v) is 6.57. The number of nitrogens with zero attached hydrogens (tertiary/aromatic N) is 6. The number of nitro groups is 1. The van der Waals surface area contributed by atoms with Crippen molar-refractivity contribution in [2.75, 3.05) is 5.32 Å². The second-order valence-corrected chi connectivity index (χ2v) is 8.80. The van der Waals surface area contributed by atoms with Gasteiger partial charge in [-0.3, -0.25) is 14.9 Å². The summed E-state index contributed by atoms with van der Waals surface area (Å²) < 4.78 is 16.1. The largest absolute Gasteiger partial charge is 0.304 e. The Hall–Kier alpha value is -3.41. The van der Waals surface area contributed by atoms with Gasteiger partial charge in [0.05, 0.1) is 10.5 Å². The molecular formula is C20H20FN7O3S. The number of hydrogen-bond donors (Lipinski definition) is 1. The number of carbonyl (C=O) groups excluding carboxylic acids is 1. The lowest BCUT2D eigenvalue weighted by molar-refractivity contribution is -0.384. The highest BCUT2D eigenvalue weighted by molar-refractivity contribution is 7.99. The standard InChI is InChI=1S/C20H20FN7O3S/c1-11-3-4-12(7-11)13-8-16(21)18(22-10-13)23-19(29)15-9-14(28(30)31)5-6-17(15)32-20-24-25-26-27(20)2/h5-6,8-12H,3-4,7H2,1-2H3,(H,22,23,29). The van der Waals surface area contributed by atoms with Gasteiger partial charge in [0, 0.05) is 30.3 Å². The lowest BCUT2D eigenvalue weighted by atomic mass is 9.98. The molecule has 1 aliphatic carbocycles. The number of amides is 1. The van der Waals surface area contributed by atoms with Gasteiger partial charge in [0.2, 0.25) is 5.16 Å². The van der Waals surface area contributed by atoms with Crippen molar-refractivity contribution < 1.29 is 14.1 Å². The molecule has 2 aromatic heterocycles. The number of aryl methyl sites for hydroxylation is 1. The summed E-state index contributed by atoms with van der Waals surface area (Å²) in [6.45, 7) is 2.17. The Morgan fingerprint density at radius 3 is 2.78 bits per heavy atom. The second kappa shape index (κ2) is 8.99. The van der Waals surface area contributed by atoms with Gasteiger partial charge in [-0.05, 0) is 64.6 Å². The Morgan fingerprint density at radius 2 is 2.16 bits per heavy atom. The van der Waals surface area contributed by atoms with Gasteiger partial charge >= 0.3 is 0 Å². The number of benzene rings is 1. The molecule has 0 radical (unpaired) electrons. The van der Waals surface area contributed by atoms with E-state index in [-0.39, 0.29) is 23.0 Å². The fourth-order valence-corrected chi connectivity index (χ4v) is 4.60. The topological polar surface area (TPSA) is 129 Å². The van der Waals surface area contributed by atoms with Crippen LogP contribution in [0.4, 0.5) is 15.9 Å². The third kappa shape index (κ3) is 4.59. The molecule has 2 unspecified atom stereocenters. The highest BCUT2D eigenvalue weighted by Crippen LogP contribution is 2.38. The van der Waals surface area contributed by atoms with Crippen LogP contribution in [0, 0.1) is 21.8 Å². The van der Waals surface area contributed by atoms with Gasteiger partial charge in [-0.1, -0.05) is 13.3 Å². The maximum Gasteiger partial charge on any atom is 0.270 e. The molecule has 0 aliphatic heterocycles. The molecule has 4 rings (SSSR count). The number of rotatable bonds is 6. The Bertz CT molecular complexity index is 1190. The summed E-state index contributed by atoms with van der Waals surface area (Å²) >= 11 is 1.06. The first kappa shape index (κ1) is 21.8. The van der Waals surface area contributed by atoms with E-state index in [4.69, 9.17) is 0 Å². The van der Waals surface area contributed by atoms with E-state index in [2.05, 4.69) is 32.7 Å². The molecule has 1 saturated carbocycles. The zero-order chi connectivity index (χ0) is 22.8. The first-order chi connectivity index (χ1) is 15.3. The summed E-state index contributed by atoms with van der Waals surface area (Å²) in [5, 5.41) is 25.1. The number of aromatic nitrogens is 5. The van der Waals surface area contributed by atoms with Gasteiger partial charge in [0.1, 0.15) is 0 Å². The SMILES string of the molecule is CC1CCC(c2cnc(NC(=O)c3cc([N+](=O)[O-])ccc3Sc3nnnn3C)c(F)c2)C1. The van der Waals surface area contributed by atoms with E-state index in [9.17, 15) is 19.3 Å². The number of nitro benzene ring substituents is 1. The third-order valence-electron chi connectivity index (χ3n) is 5.46. The number of tetrazole rings is 1. The van der Waals surface area contributed by atoms with Crippen molar-refractivity contribution >= 4 is 29.2 Å². The molecule has 0 spiro atoms. The van der Waals surface area contributed by atoms with Crippen LogP contribution in [0.5, 0.6) is 0 Å². The molecule has 166 valence electrons. The summed E-state index contributed by atoms with van der Waals surface area (Å²) in [6.07, 6.45) is 4.64. The van der Waals surface area contributed by atoms with Gasteiger partial charge in [-0.25, -0.2) is 14.1 Å². The van der Waals surface area contributed by atoms with E-state index in [0.29, 0.717) is 16.0 Å². The predicted octanol–water partition coefficient (Wildman–Crippen LogP) is 3.96. The first-order valence-corrected chi connectivity index (χ1v) is 10.8. The molecule has 0 bridgehead atoms. The number of anilines is 1. The minimum atomic E-state index is -0.722. The van der Waals surface area contributed by atoms with E-state index in [1.165, 1.54) is 22.9 Å². The van der Waals surface area contributed by atoms with E-state index in [1.54, 1.807) is 13.2 Å². The van der Waals surface area contributed by atoms with Gasteiger partial charge in [-0.15, -0.1) is 5.10 Å². The van der Waals surface area contributed by atoms with Crippen LogP contribution in [0.15, 0.2) is 40.5 Å². The summed E-state index contributed by atoms with van der Waals surface area (Å²) in [7, 11) is 1.62. The summed E-state index contributed by atoms with van der Waals surface area (Å²) in [5.41, 5.74) is 0.531. The van der Waals surface area contributed by atoms with Crippen LogP contribution >= 0.6 is 11.8 Å². The van der Waals surface area contributed by atoms with Crippen molar-refractivity contribution in [2.24, 2.45) is 13.0 Å². The lowest BCUT2D eigenvalue weighted by Gasteiger charge is -2.13. The van der Waals surface area contributed by atoms with Crippen molar-refractivity contribution in [1.29, 1.82) is 0 Å². The zero-order valence-corrected chi connectivity index (χ0v) is 18.2. The molecular weight excluding hydrogens is 437 g/mol. The molecule has 10 nitrogen and oxygen atoms in total. The summed E-state index contributed by atoms with van der Waals surface area (Å²) in [6, 6.07) is 5.24. The van der Waals surface area contributed by atoms with E-state index < -0.39 is 16.6 Å². The fourth-order valence-electron chi connectivity index (χ4n) is 3.76. The summed E-state index contributed by atoms with van der Waals surface area (Å²) in [5.74, 6) is -0.743. The molecule has 0 saturated heterocycles. The van der Waals surface area contributed by atoms with Crippen LogP contribution in [0.25, 0.3) is 0 Å². The number of pyridine rings is 1. The molecule has 1 aliphatic rings. The van der Waals surface area contributed by atoms with Gasteiger partial charge in [-0.2, -0.15) is 0 Å². The minimum absolute atomic E-state index is 0.0119. The van der Waals surface area contributed by atoms with E-state index in [1.807, 2.05) is 0 Å². The monoisotopic (exact) mass is 457 g/mol. The minimum Gasteiger partial charge on any atom is -0.304 e. The zero-order valence-electron chi connectivity index (χ0n) is 17.4. The summed E-state index contributed by atoms with van der Waals surface area (Å²) in [4.78, 5) is 28.0. The number of hydrogen-bond acceptors (Lipinski definition) is 8. The van der Waals surface area contributed by atoms with Crippen molar-refractivity contribution in [3.05, 3.63) is 57.5 Å². The van der Waals surface area contributed by atoms with Gasteiger partial charge in [0.25, 0.3) is 11.6 Å². The van der Waals surface area contributed by atoms with Crippen molar-refractivity contribution in [2.45, 2.75) is 42.2 Å². The number of non-ortho nitro benzene ring substituents is 1. The molecule has 3 aromatic rings. The average Bonchev–Trinajstić information content (AvgIpc) is 3.37. The molecule has 1 amide bonds. The molecule has 12 heteroatoms. The van der Waals surface area contributed by atoms with Gasteiger partial charge < -0.3 is 5.32 Å². The smallest absolute Gasteiger partial charge is 0.270 e. The molecule has 1 aromatic carbocycles. The predicted molar refractivity (Wildman–Crippen MR) is 114 cm³/mol. The van der Waals surface area contributed by atoms with Crippen LogP contribution in [-0.4, -0.2) is 36.0 Å². The number of nitrogens with one attached hydrogen (secondary N) is 1. The van der Waals surface area contributed by atoms with Crippen molar-refractivity contribution in [3.8, 4) is 0 Å². The molecule has 2 atom stereocenters. The lowest BCUT2D eigenvalue weighted by Crippen LogP contribution is -2.16. The van der Waals surface area contributed by atoms with Crippen LogP contribution in [0.2, 0.25) is 0 Å². The Balaban J connectivity index is 1.60. The van der Waals surface area contributed by atoms with Crippen LogP contribution < -0.4 is 5.32 Å². The van der Waals surface area contributed by atoms with E-state index in [0.717, 1.165) is 42.7 Å². The quantitative estimate of drug-likeness (QED) is 0.435. The van der Waals surface area contributed by atoms with Crippen molar-refractivity contribution in [3.63, 3.8) is 0 Å². The second-order valence-electron chi connectivity index (χ2n) is 7.79. The molecule has 32 heavy (non-hydrogen) atoms. The normalized spacial score (nSPS) is 18.0. The van der Waals surface area contributed by atoms with Crippen LogP contribution in [-0.2, 0) is 7.05 Å². The Kier molecular flexibility index (Phi) is 6.12. The molecule has 1 fully saturated rings. The maximum atomic E-state index is 14.7. The number of carbonyl (C=O) groups is 1. The molecule has 1 N–H and O–H groups in total. The van der Waals surface area contributed by atoms with Crippen LogP contribution in [0.1, 0.15) is 48.0 Å². The Morgan fingerprint density at radius 1 is 1.34 bits per heavy atom. The molecule has 2 heterocycles. The highest BCUT2D eigenvalue weighted by Gasteiger charge is 2.25. The fraction of sp³-hybridized carbons (Fsp3) is 0.350. The van der Waals surface area contributed by atoms with Gasteiger partial charge in [0.15, 0.2) is 11.6 Å². The van der Waals surface area contributed by atoms with Crippen LogP contribution in [0.3, 0.4) is 0 Å². The Labute approximate surface area is 186 Å². The average molecular weight is 457 g/mol. The van der Waals surface area contributed by atoms with E-state index >= 15 is 0 Å². The van der Waals surface area contributed by atoms with Crippen molar-refractivity contribution in [1.82, 2.24) is 25.2 Å².